The molecule has 0 radical (unpaired) electrons. The molecule has 3 fully saturated rings. The van der Waals surface area contributed by atoms with Crippen LogP contribution in [0.15, 0.2) is 35.5 Å². The van der Waals surface area contributed by atoms with Crippen molar-refractivity contribution in [2.75, 3.05) is 0 Å². The van der Waals surface area contributed by atoms with Crippen LogP contribution >= 0.6 is 0 Å². The Kier molecular flexibility index (Phi) is 7.20. The lowest BCUT2D eigenvalue weighted by molar-refractivity contribution is -0.370. The van der Waals surface area contributed by atoms with Gasteiger partial charge in [-0.3, -0.25) is 0 Å². The Morgan fingerprint density at radius 2 is 1.70 bits per heavy atom. The fourth-order valence-electron chi connectivity index (χ4n) is 6.11. The average molecular weight is 483 g/mol. The minimum atomic E-state index is -5.79. The van der Waals surface area contributed by atoms with Crippen molar-refractivity contribution in [2.24, 2.45) is 17.3 Å². The van der Waals surface area contributed by atoms with Crippen LogP contribution in [0.4, 0.5) is 26.3 Å². The van der Waals surface area contributed by atoms with E-state index in [0.29, 0.717) is 31.3 Å². The molecule has 3 aliphatic carbocycles. The van der Waals surface area contributed by atoms with Crippen LogP contribution < -0.4 is 0 Å². The molecule has 188 valence electrons. The van der Waals surface area contributed by atoms with Crippen molar-refractivity contribution in [3.63, 3.8) is 0 Å². The molecule has 0 bridgehead atoms. The Morgan fingerprint density at radius 3 is 2.30 bits per heavy atom. The first-order valence-electron chi connectivity index (χ1n) is 11.4. The summed E-state index contributed by atoms with van der Waals surface area (Å²) in [4.78, 5) is 0. The number of aliphatic hydroxyl groups is 3. The Bertz CT molecular complexity index is 798. The van der Waals surface area contributed by atoms with Crippen molar-refractivity contribution in [1.82, 2.24) is 0 Å². The third-order valence-electron chi connectivity index (χ3n) is 8.22. The van der Waals surface area contributed by atoms with Gasteiger partial charge in [-0.15, -0.1) is 0 Å². The number of halogens is 6. The van der Waals surface area contributed by atoms with E-state index in [-0.39, 0.29) is 24.7 Å². The highest BCUT2D eigenvalue weighted by Gasteiger charge is 2.70. The third kappa shape index (κ3) is 4.91. The first kappa shape index (κ1) is 26.3. The Balaban J connectivity index is 1.78. The molecule has 33 heavy (non-hydrogen) atoms. The molecule has 3 nitrogen and oxygen atoms in total. The van der Waals surface area contributed by atoms with Gasteiger partial charge < -0.3 is 15.3 Å². The van der Waals surface area contributed by atoms with E-state index < -0.39 is 42.0 Å². The van der Waals surface area contributed by atoms with E-state index in [1.165, 1.54) is 0 Å². The molecule has 9 heteroatoms. The van der Waals surface area contributed by atoms with Gasteiger partial charge in [-0.05, 0) is 79.8 Å². The fourth-order valence-corrected chi connectivity index (χ4v) is 6.11. The first-order valence-corrected chi connectivity index (χ1v) is 11.4. The quantitative estimate of drug-likeness (QED) is 0.447. The largest absolute Gasteiger partial charge is 0.426 e. The molecule has 0 heterocycles. The molecule has 0 aromatic rings. The lowest BCUT2D eigenvalue weighted by Crippen LogP contribution is -2.57. The highest BCUT2D eigenvalue weighted by atomic mass is 19.4. The van der Waals surface area contributed by atoms with Gasteiger partial charge in [-0.2, -0.15) is 26.3 Å². The number of fused-ring (bicyclic) bond motifs is 1. The summed E-state index contributed by atoms with van der Waals surface area (Å²) in [5, 5.41) is 29.5. The summed E-state index contributed by atoms with van der Waals surface area (Å²) in [5.41, 5.74) is -2.75. The minimum Gasteiger partial charge on any atom is -0.393 e. The van der Waals surface area contributed by atoms with Crippen LogP contribution in [-0.4, -0.2) is 45.5 Å². The van der Waals surface area contributed by atoms with E-state index in [1.807, 2.05) is 19.1 Å². The minimum absolute atomic E-state index is 0.0321. The van der Waals surface area contributed by atoms with Gasteiger partial charge in [0.2, 0.25) is 0 Å². The predicted octanol–water partition coefficient (Wildman–Crippen LogP) is 5.76. The smallest absolute Gasteiger partial charge is 0.393 e. The summed E-state index contributed by atoms with van der Waals surface area (Å²) in [6, 6.07) is 0. The first-order chi connectivity index (χ1) is 15.1. The maximum absolute atomic E-state index is 13.1. The molecule has 3 unspecified atom stereocenters. The molecule has 0 saturated heterocycles. The number of hydrogen-bond acceptors (Lipinski definition) is 3. The molecule has 5 atom stereocenters. The highest BCUT2D eigenvalue weighted by molar-refractivity contribution is 5.38. The molecule has 0 aromatic carbocycles. The van der Waals surface area contributed by atoms with Crippen molar-refractivity contribution < 1.29 is 41.7 Å². The van der Waals surface area contributed by atoms with Crippen LogP contribution in [0.25, 0.3) is 0 Å². The fraction of sp³-hybridized carbons (Fsp3) is 0.750. The van der Waals surface area contributed by atoms with E-state index in [1.54, 1.807) is 0 Å². The summed E-state index contributed by atoms with van der Waals surface area (Å²) in [7, 11) is 0. The summed E-state index contributed by atoms with van der Waals surface area (Å²) in [6.45, 7) is 5.82. The van der Waals surface area contributed by atoms with Gasteiger partial charge in [0.1, 0.15) is 0 Å². The third-order valence-corrected chi connectivity index (χ3v) is 8.22. The Hall–Kier alpha value is -1.32. The number of aliphatic hydroxyl groups excluding tert-OH is 2. The van der Waals surface area contributed by atoms with Gasteiger partial charge in [0, 0.05) is 6.42 Å². The van der Waals surface area contributed by atoms with Gasteiger partial charge in [-0.25, -0.2) is 0 Å². The molecule has 3 rings (SSSR count). The normalized spacial score (nSPS) is 36.5. The number of allylic oxidation sites excluding steroid dienone is 3. The number of alkyl halides is 6. The molecule has 0 spiro atoms. The topological polar surface area (TPSA) is 60.7 Å². The Labute approximate surface area is 189 Å². The van der Waals surface area contributed by atoms with Crippen LogP contribution in [0.1, 0.15) is 64.7 Å². The zero-order valence-electron chi connectivity index (χ0n) is 18.6. The summed E-state index contributed by atoms with van der Waals surface area (Å²) < 4.78 is 78.6. The maximum Gasteiger partial charge on any atom is 0.426 e. The van der Waals surface area contributed by atoms with E-state index >= 15 is 0 Å². The Morgan fingerprint density at radius 1 is 1.06 bits per heavy atom. The van der Waals surface area contributed by atoms with E-state index in [0.717, 1.165) is 24.0 Å². The molecule has 3 saturated carbocycles. The van der Waals surface area contributed by atoms with E-state index in [9.17, 15) is 41.7 Å². The second kappa shape index (κ2) is 9.04. The van der Waals surface area contributed by atoms with Crippen LogP contribution in [0.3, 0.4) is 0 Å². The van der Waals surface area contributed by atoms with E-state index in [4.69, 9.17) is 0 Å². The summed E-state index contributed by atoms with van der Waals surface area (Å²) in [6.07, 6.45) is -7.01. The molecule has 3 aliphatic rings. The molecule has 0 aromatic heterocycles. The molecule has 0 amide bonds. The van der Waals surface area contributed by atoms with Crippen molar-refractivity contribution >= 4 is 0 Å². The lowest BCUT2D eigenvalue weighted by atomic mass is 9.62. The van der Waals surface area contributed by atoms with Gasteiger partial charge in [0.05, 0.1) is 12.2 Å². The van der Waals surface area contributed by atoms with Gasteiger partial charge in [0.25, 0.3) is 5.60 Å². The van der Waals surface area contributed by atoms with Crippen LogP contribution in [0.5, 0.6) is 0 Å². The van der Waals surface area contributed by atoms with Crippen molar-refractivity contribution in [3.05, 3.63) is 35.5 Å². The predicted molar refractivity (Wildman–Crippen MR) is 111 cm³/mol. The SMILES string of the molecule is C=C1/C(=C\C=C2/CCC[C@]3(C)C(CCC(O)(C(F)(F)F)C(F)(F)F)CCC23)CC(O)C[C@@H]1O. The summed E-state index contributed by atoms with van der Waals surface area (Å²) >= 11 is 0. The van der Waals surface area contributed by atoms with Gasteiger partial charge >= 0.3 is 12.4 Å². The second-order valence-corrected chi connectivity index (χ2v) is 10.1. The van der Waals surface area contributed by atoms with Crippen molar-refractivity contribution in [2.45, 2.75) is 94.9 Å². The second-order valence-electron chi connectivity index (χ2n) is 10.1. The van der Waals surface area contributed by atoms with Crippen molar-refractivity contribution in [3.8, 4) is 0 Å². The molecular weight excluding hydrogens is 450 g/mol. The van der Waals surface area contributed by atoms with Crippen LogP contribution in [0, 0.1) is 17.3 Å². The van der Waals surface area contributed by atoms with E-state index in [2.05, 4.69) is 6.58 Å². The zero-order chi connectivity index (χ0) is 24.8. The number of rotatable bonds is 4. The summed E-state index contributed by atoms with van der Waals surface area (Å²) in [5.74, 6) is -0.326. The van der Waals surface area contributed by atoms with Gasteiger partial charge in [-0.1, -0.05) is 31.2 Å². The standard InChI is InChI=1S/C24H32F6O3/c1-14-16(12-18(31)13-20(14)32)6-5-15-4-3-10-21(2)17(7-8-19(15)21)9-11-22(33,23(25,26)27)24(28,29)30/h5-6,17-20,31-33H,1,3-4,7-13H2,2H3/b15-5+,16-6-/t17?,18?,19?,20-,21+/m0/s1. The lowest BCUT2D eigenvalue weighted by Gasteiger charge is -2.43. The van der Waals surface area contributed by atoms with Crippen molar-refractivity contribution in [1.29, 1.82) is 0 Å². The molecule has 0 aliphatic heterocycles. The molecule has 3 N–H and O–H groups in total. The highest BCUT2D eigenvalue weighted by Crippen LogP contribution is 2.59. The molecular formula is C24H32F6O3. The zero-order valence-corrected chi connectivity index (χ0v) is 18.6. The van der Waals surface area contributed by atoms with Crippen LogP contribution in [0.2, 0.25) is 0 Å². The monoisotopic (exact) mass is 482 g/mol. The average Bonchev–Trinajstić information content (AvgIpc) is 3.02. The maximum atomic E-state index is 13.1. The van der Waals surface area contributed by atoms with Gasteiger partial charge in [0.15, 0.2) is 0 Å². The van der Waals surface area contributed by atoms with Crippen LogP contribution in [-0.2, 0) is 0 Å². The number of hydrogen-bond donors (Lipinski definition) is 3.